The molecule has 1 heteroatoms. The Kier molecular flexibility index (Phi) is 6.00. The van der Waals surface area contributed by atoms with Crippen LogP contribution in [0.4, 0.5) is 0 Å². The molecule has 1 aromatic heterocycles. The van der Waals surface area contributed by atoms with Crippen LogP contribution < -0.4 is 0 Å². The van der Waals surface area contributed by atoms with Crippen molar-refractivity contribution in [1.29, 1.82) is 0 Å². The average molecular weight is 224 g/mol. The zero-order valence-corrected chi connectivity index (χ0v) is 11.2. The summed E-state index contributed by atoms with van der Waals surface area (Å²) in [6, 6.07) is 4.67. The van der Waals surface area contributed by atoms with E-state index in [9.17, 15) is 0 Å². The third-order valence-electron chi connectivity index (χ3n) is 3.14. The summed E-state index contributed by atoms with van der Waals surface area (Å²) in [6.07, 6.45) is 7.86. The van der Waals surface area contributed by atoms with Crippen molar-refractivity contribution in [1.82, 2.24) is 0 Å². The second kappa shape index (κ2) is 7.05. The molecule has 0 N–H and O–H groups in total. The Bertz CT molecular complexity index is 258. The second-order valence-electron chi connectivity index (χ2n) is 4.36. The molecule has 0 saturated heterocycles. The van der Waals surface area contributed by atoms with Crippen LogP contribution in [0.3, 0.4) is 0 Å². The van der Waals surface area contributed by atoms with Crippen molar-refractivity contribution in [2.45, 2.75) is 59.3 Å². The van der Waals surface area contributed by atoms with Crippen LogP contribution in [0.2, 0.25) is 0 Å². The van der Waals surface area contributed by atoms with Gasteiger partial charge in [0.1, 0.15) is 0 Å². The summed E-state index contributed by atoms with van der Waals surface area (Å²) in [5.41, 5.74) is 0. The standard InChI is InChI=1S/C14H24S/c1-4-7-8-13-9-10-14(15-13)11-12(5-2)6-3/h9-10,12H,4-8,11H2,1-3H3. The molecule has 15 heavy (non-hydrogen) atoms. The Morgan fingerprint density at radius 2 is 1.73 bits per heavy atom. The lowest BCUT2D eigenvalue weighted by Crippen LogP contribution is -1.99. The van der Waals surface area contributed by atoms with Gasteiger partial charge in [-0.1, -0.05) is 40.0 Å². The number of hydrogen-bond donors (Lipinski definition) is 0. The average Bonchev–Trinajstić information content (AvgIpc) is 2.70. The van der Waals surface area contributed by atoms with E-state index in [1.54, 1.807) is 9.75 Å². The molecule has 86 valence electrons. The van der Waals surface area contributed by atoms with Gasteiger partial charge in [0, 0.05) is 9.75 Å². The molecular weight excluding hydrogens is 200 g/mol. The van der Waals surface area contributed by atoms with Crippen LogP contribution in [0.15, 0.2) is 12.1 Å². The van der Waals surface area contributed by atoms with Crippen LogP contribution in [0.25, 0.3) is 0 Å². The van der Waals surface area contributed by atoms with Crippen LogP contribution in [0.1, 0.15) is 56.2 Å². The van der Waals surface area contributed by atoms with Crippen molar-refractivity contribution >= 4 is 11.3 Å². The maximum atomic E-state index is 2.34. The van der Waals surface area contributed by atoms with E-state index in [4.69, 9.17) is 0 Å². The first-order valence-electron chi connectivity index (χ1n) is 6.37. The molecule has 0 aliphatic carbocycles. The zero-order valence-electron chi connectivity index (χ0n) is 10.4. The Hall–Kier alpha value is -0.300. The van der Waals surface area contributed by atoms with Gasteiger partial charge in [0.25, 0.3) is 0 Å². The smallest absolute Gasteiger partial charge is 0.00509 e. The van der Waals surface area contributed by atoms with Gasteiger partial charge in [0.2, 0.25) is 0 Å². The Labute approximate surface area is 98.7 Å². The second-order valence-corrected chi connectivity index (χ2v) is 5.61. The predicted octanol–water partition coefficient (Wildman–Crippen LogP) is 5.07. The Balaban J connectivity index is 2.44. The van der Waals surface area contributed by atoms with Crippen LogP contribution in [0.5, 0.6) is 0 Å². The molecule has 0 aliphatic rings. The highest BCUT2D eigenvalue weighted by Crippen LogP contribution is 2.23. The fourth-order valence-electron chi connectivity index (χ4n) is 1.88. The summed E-state index contributed by atoms with van der Waals surface area (Å²) < 4.78 is 0. The number of rotatable bonds is 7. The molecule has 0 saturated carbocycles. The van der Waals surface area contributed by atoms with Crippen molar-refractivity contribution in [2.75, 3.05) is 0 Å². The van der Waals surface area contributed by atoms with Crippen molar-refractivity contribution in [3.8, 4) is 0 Å². The van der Waals surface area contributed by atoms with Crippen molar-refractivity contribution < 1.29 is 0 Å². The first-order valence-corrected chi connectivity index (χ1v) is 7.19. The fraction of sp³-hybridized carbons (Fsp3) is 0.714. The van der Waals surface area contributed by atoms with Gasteiger partial charge in [0.15, 0.2) is 0 Å². The van der Waals surface area contributed by atoms with E-state index < -0.39 is 0 Å². The van der Waals surface area contributed by atoms with Gasteiger partial charge in [-0.2, -0.15) is 0 Å². The molecule has 0 fully saturated rings. The largest absolute Gasteiger partial charge is 0.145 e. The molecule has 0 nitrogen and oxygen atoms in total. The maximum Gasteiger partial charge on any atom is 0.00509 e. The molecule has 0 bridgehead atoms. The summed E-state index contributed by atoms with van der Waals surface area (Å²) >= 11 is 2.03. The highest BCUT2D eigenvalue weighted by molar-refractivity contribution is 7.11. The lowest BCUT2D eigenvalue weighted by Gasteiger charge is -2.09. The van der Waals surface area contributed by atoms with Gasteiger partial charge in [-0.25, -0.2) is 0 Å². The first-order chi connectivity index (χ1) is 7.30. The molecule has 1 aromatic rings. The molecular formula is C14H24S. The zero-order chi connectivity index (χ0) is 11.1. The van der Waals surface area contributed by atoms with E-state index >= 15 is 0 Å². The SMILES string of the molecule is CCCCc1ccc(CC(CC)CC)s1. The van der Waals surface area contributed by atoms with E-state index in [-0.39, 0.29) is 0 Å². The minimum Gasteiger partial charge on any atom is -0.145 e. The van der Waals surface area contributed by atoms with Gasteiger partial charge in [-0.05, 0) is 37.3 Å². The first kappa shape index (κ1) is 12.8. The highest BCUT2D eigenvalue weighted by atomic mass is 32.1. The Morgan fingerprint density at radius 3 is 2.33 bits per heavy atom. The summed E-state index contributed by atoms with van der Waals surface area (Å²) in [5.74, 6) is 0.891. The number of aryl methyl sites for hydroxylation is 1. The van der Waals surface area contributed by atoms with E-state index in [0.29, 0.717) is 0 Å². The van der Waals surface area contributed by atoms with Crippen molar-refractivity contribution in [3.05, 3.63) is 21.9 Å². The van der Waals surface area contributed by atoms with Gasteiger partial charge in [0.05, 0.1) is 0 Å². The predicted molar refractivity (Wildman–Crippen MR) is 70.7 cm³/mol. The molecule has 0 unspecified atom stereocenters. The van der Waals surface area contributed by atoms with Crippen molar-refractivity contribution in [3.63, 3.8) is 0 Å². The van der Waals surface area contributed by atoms with Crippen LogP contribution in [-0.4, -0.2) is 0 Å². The fourth-order valence-corrected chi connectivity index (χ4v) is 3.05. The summed E-state index contributed by atoms with van der Waals surface area (Å²) in [4.78, 5) is 3.17. The van der Waals surface area contributed by atoms with E-state index in [1.165, 1.54) is 38.5 Å². The third kappa shape index (κ3) is 4.38. The maximum absolute atomic E-state index is 2.34. The van der Waals surface area contributed by atoms with Gasteiger partial charge in [-0.3, -0.25) is 0 Å². The lowest BCUT2D eigenvalue weighted by atomic mass is 9.99. The molecule has 0 spiro atoms. The van der Waals surface area contributed by atoms with E-state index in [0.717, 1.165) is 5.92 Å². The van der Waals surface area contributed by atoms with Crippen LogP contribution in [-0.2, 0) is 12.8 Å². The van der Waals surface area contributed by atoms with Crippen molar-refractivity contribution in [2.24, 2.45) is 5.92 Å². The number of hydrogen-bond acceptors (Lipinski definition) is 1. The number of unbranched alkanes of at least 4 members (excludes halogenated alkanes) is 1. The van der Waals surface area contributed by atoms with Gasteiger partial charge in [-0.15, -0.1) is 11.3 Å². The summed E-state index contributed by atoms with van der Waals surface area (Å²) in [6.45, 7) is 6.87. The van der Waals surface area contributed by atoms with E-state index in [2.05, 4.69) is 32.9 Å². The summed E-state index contributed by atoms with van der Waals surface area (Å²) in [5, 5.41) is 0. The molecule has 0 aliphatic heterocycles. The van der Waals surface area contributed by atoms with Gasteiger partial charge >= 0.3 is 0 Å². The monoisotopic (exact) mass is 224 g/mol. The van der Waals surface area contributed by atoms with Crippen LogP contribution >= 0.6 is 11.3 Å². The molecule has 0 amide bonds. The topological polar surface area (TPSA) is 0 Å². The molecule has 1 rings (SSSR count). The van der Waals surface area contributed by atoms with Crippen LogP contribution in [0, 0.1) is 5.92 Å². The molecule has 0 radical (unpaired) electrons. The van der Waals surface area contributed by atoms with Gasteiger partial charge < -0.3 is 0 Å². The highest BCUT2D eigenvalue weighted by Gasteiger charge is 2.07. The normalized spacial score (nSPS) is 11.2. The van der Waals surface area contributed by atoms with E-state index in [1.807, 2.05) is 11.3 Å². The molecule has 0 aromatic carbocycles. The minimum atomic E-state index is 0.891. The quantitative estimate of drug-likeness (QED) is 0.606. The summed E-state index contributed by atoms with van der Waals surface area (Å²) in [7, 11) is 0. The number of thiophene rings is 1. The molecule has 0 atom stereocenters. The lowest BCUT2D eigenvalue weighted by molar-refractivity contribution is 0.494. The molecule has 1 heterocycles. The minimum absolute atomic E-state index is 0.891. The Morgan fingerprint density at radius 1 is 1.07 bits per heavy atom. The third-order valence-corrected chi connectivity index (χ3v) is 4.31.